The van der Waals surface area contributed by atoms with E-state index in [1.54, 1.807) is 24.3 Å². The number of amides is 1. The lowest BCUT2D eigenvalue weighted by Crippen LogP contribution is -2.17. The zero-order chi connectivity index (χ0) is 21.7. The predicted molar refractivity (Wildman–Crippen MR) is 114 cm³/mol. The van der Waals surface area contributed by atoms with Gasteiger partial charge in [-0.05, 0) is 50.8 Å². The molecule has 0 aliphatic heterocycles. The van der Waals surface area contributed by atoms with E-state index < -0.39 is 16.4 Å². The summed E-state index contributed by atoms with van der Waals surface area (Å²) in [6, 6.07) is 12.0. The highest BCUT2D eigenvalue weighted by Gasteiger charge is 2.15. The third kappa shape index (κ3) is 5.21. The fourth-order valence-corrected chi connectivity index (χ4v) is 2.95. The fourth-order valence-electron chi connectivity index (χ4n) is 2.95. The number of nitrogens with one attached hydrogen (secondary N) is 2. The van der Waals surface area contributed by atoms with Crippen molar-refractivity contribution >= 4 is 28.2 Å². The van der Waals surface area contributed by atoms with Crippen LogP contribution in [0, 0.1) is 10.1 Å². The number of nitrogens with zero attached hydrogens (tertiary/aromatic N) is 2. The van der Waals surface area contributed by atoms with Gasteiger partial charge in [-0.2, -0.15) is 0 Å². The summed E-state index contributed by atoms with van der Waals surface area (Å²) >= 11 is 0. The topological polar surface area (TPSA) is 118 Å². The second kappa shape index (κ2) is 9.19. The first-order chi connectivity index (χ1) is 14.3. The third-order valence-corrected chi connectivity index (χ3v) is 4.41. The van der Waals surface area contributed by atoms with E-state index in [-0.39, 0.29) is 11.3 Å². The van der Waals surface area contributed by atoms with E-state index >= 15 is 0 Å². The number of fused-ring (bicyclic) bond motifs is 1. The number of nitro groups is 1. The molecule has 3 aromatic rings. The number of ether oxygens (including phenoxy) is 1. The Morgan fingerprint density at radius 1 is 1.17 bits per heavy atom. The molecule has 0 fully saturated rings. The quantitative estimate of drug-likeness (QED) is 0.335. The molecule has 0 aliphatic carbocycles. The maximum absolute atomic E-state index is 12.8. The van der Waals surface area contributed by atoms with Gasteiger partial charge < -0.3 is 19.9 Å². The third-order valence-electron chi connectivity index (χ3n) is 4.41. The van der Waals surface area contributed by atoms with Crippen molar-refractivity contribution in [1.82, 2.24) is 9.88 Å². The summed E-state index contributed by atoms with van der Waals surface area (Å²) in [6.07, 6.45) is 0.896. The molecule has 0 bridgehead atoms. The van der Waals surface area contributed by atoms with Crippen molar-refractivity contribution in [2.24, 2.45) is 0 Å². The summed E-state index contributed by atoms with van der Waals surface area (Å²) in [6.45, 7) is 1.51. The highest BCUT2D eigenvalue weighted by atomic mass is 16.6. The number of non-ortho nitro benzene ring substituents is 1. The SMILES string of the molecule is CN(C)CCCOc1ccc(NC(=O)c2cc(=O)[nH]c3ccc([N+](=O)[O-])cc23)cc1. The molecule has 0 saturated carbocycles. The van der Waals surface area contributed by atoms with E-state index in [9.17, 15) is 19.7 Å². The second-order valence-corrected chi connectivity index (χ2v) is 7.02. The van der Waals surface area contributed by atoms with Gasteiger partial charge in [0.05, 0.1) is 17.1 Å². The van der Waals surface area contributed by atoms with Crippen LogP contribution in [0.25, 0.3) is 10.9 Å². The fraction of sp³-hybridized carbons (Fsp3) is 0.238. The van der Waals surface area contributed by atoms with Gasteiger partial charge in [0.25, 0.3) is 11.6 Å². The molecule has 30 heavy (non-hydrogen) atoms. The summed E-state index contributed by atoms with van der Waals surface area (Å²) in [5.41, 5.74) is 0.281. The van der Waals surface area contributed by atoms with Crippen molar-refractivity contribution in [3.05, 3.63) is 74.6 Å². The molecule has 156 valence electrons. The molecule has 1 heterocycles. The molecule has 9 nitrogen and oxygen atoms in total. The lowest BCUT2D eigenvalue weighted by molar-refractivity contribution is -0.384. The molecule has 0 atom stereocenters. The average Bonchev–Trinajstić information content (AvgIpc) is 2.71. The Morgan fingerprint density at radius 3 is 2.57 bits per heavy atom. The van der Waals surface area contributed by atoms with Crippen LogP contribution in [0.4, 0.5) is 11.4 Å². The van der Waals surface area contributed by atoms with Crippen LogP contribution in [-0.2, 0) is 0 Å². The standard InChI is InChI=1S/C21H22N4O5/c1-24(2)10-3-11-30-16-7-4-14(5-8-16)22-21(27)18-13-20(26)23-19-9-6-15(25(28)29)12-17(18)19/h4-9,12-13H,3,10-11H2,1-2H3,(H,22,27)(H,23,26). The molecule has 1 amide bonds. The lowest BCUT2D eigenvalue weighted by Gasteiger charge is -2.11. The second-order valence-electron chi connectivity index (χ2n) is 7.02. The van der Waals surface area contributed by atoms with Gasteiger partial charge in [0.2, 0.25) is 5.56 Å². The number of hydrogen-bond acceptors (Lipinski definition) is 6. The molecule has 0 unspecified atom stereocenters. The van der Waals surface area contributed by atoms with Gasteiger partial charge in [-0.3, -0.25) is 19.7 Å². The van der Waals surface area contributed by atoms with Crippen molar-refractivity contribution in [1.29, 1.82) is 0 Å². The maximum Gasteiger partial charge on any atom is 0.270 e. The number of benzene rings is 2. The van der Waals surface area contributed by atoms with Crippen LogP contribution >= 0.6 is 0 Å². The van der Waals surface area contributed by atoms with Gasteiger partial charge in [0.15, 0.2) is 0 Å². The summed E-state index contributed by atoms with van der Waals surface area (Å²) in [5.74, 6) is 0.148. The molecule has 9 heteroatoms. The largest absolute Gasteiger partial charge is 0.494 e. The number of carbonyl (C=O) groups excluding carboxylic acids is 1. The number of hydrogen-bond donors (Lipinski definition) is 2. The molecular formula is C21H22N4O5. The maximum atomic E-state index is 12.8. The van der Waals surface area contributed by atoms with E-state index in [1.807, 2.05) is 14.1 Å². The Balaban J connectivity index is 1.75. The van der Waals surface area contributed by atoms with Crippen molar-refractivity contribution in [3.8, 4) is 5.75 Å². The van der Waals surface area contributed by atoms with Gasteiger partial charge in [-0.15, -0.1) is 0 Å². The normalized spacial score (nSPS) is 10.9. The Bertz CT molecular complexity index is 1120. The van der Waals surface area contributed by atoms with Gasteiger partial charge in [-0.1, -0.05) is 0 Å². The molecule has 0 spiro atoms. The monoisotopic (exact) mass is 410 g/mol. The summed E-state index contributed by atoms with van der Waals surface area (Å²) in [5, 5.41) is 14.1. The van der Waals surface area contributed by atoms with E-state index in [0.717, 1.165) is 19.0 Å². The Hall–Kier alpha value is -3.72. The zero-order valence-corrected chi connectivity index (χ0v) is 16.7. The van der Waals surface area contributed by atoms with Crippen LogP contribution in [0.5, 0.6) is 5.75 Å². The number of aromatic nitrogens is 1. The van der Waals surface area contributed by atoms with Crippen LogP contribution < -0.4 is 15.6 Å². The Morgan fingerprint density at radius 2 is 1.90 bits per heavy atom. The van der Waals surface area contributed by atoms with Crippen molar-refractivity contribution in [3.63, 3.8) is 0 Å². The molecule has 0 saturated heterocycles. The molecule has 0 radical (unpaired) electrons. The smallest absolute Gasteiger partial charge is 0.270 e. The number of rotatable bonds is 8. The van der Waals surface area contributed by atoms with Crippen molar-refractivity contribution < 1.29 is 14.5 Å². The van der Waals surface area contributed by atoms with Gasteiger partial charge in [-0.25, -0.2) is 0 Å². The minimum absolute atomic E-state index is 0.0569. The van der Waals surface area contributed by atoms with E-state index in [1.165, 1.54) is 18.2 Å². The minimum Gasteiger partial charge on any atom is -0.494 e. The number of aromatic amines is 1. The van der Waals surface area contributed by atoms with Crippen LogP contribution in [0.15, 0.2) is 53.3 Å². The molecular weight excluding hydrogens is 388 g/mol. The highest BCUT2D eigenvalue weighted by Crippen LogP contribution is 2.23. The van der Waals surface area contributed by atoms with Gasteiger partial charge >= 0.3 is 0 Å². The first-order valence-electron chi connectivity index (χ1n) is 9.34. The van der Waals surface area contributed by atoms with Crippen LogP contribution in [0.2, 0.25) is 0 Å². The summed E-state index contributed by atoms with van der Waals surface area (Å²) in [4.78, 5) is 39.8. The van der Waals surface area contributed by atoms with Crippen LogP contribution in [0.3, 0.4) is 0 Å². The zero-order valence-electron chi connectivity index (χ0n) is 16.7. The predicted octanol–water partition coefficient (Wildman–Crippen LogP) is 3.02. The average molecular weight is 410 g/mol. The van der Waals surface area contributed by atoms with Gasteiger partial charge in [0, 0.05) is 41.3 Å². The number of H-pyrrole nitrogens is 1. The van der Waals surface area contributed by atoms with Gasteiger partial charge in [0.1, 0.15) is 5.75 Å². The number of nitro benzene ring substituents is 1. The molecule has 3 rings (SSSR count). The van der Waals surface area contributed by atoms with Crippen molar-refractivity contribution in [2.75, 3.05) is 32.6 Å². The Kier molecular flexibility index (Phi) is 6.43. The molecule has 1 aromatic heterocycles. The highest BCUT2D eigenvalue weighted by molar-refractivity contribution is 6.12. The number of carbonyl (C=O) groups is 1. The van der Waals surface area contributed by atoms with E-state index in [0.29, 0.717) is 28.9 Å². The molecule has 0 aliphatic rings. The first kappa shape index (κ1) is 21.0. The number of anilines is 1. The van der Waals surface area contributed by atoms with E-state index in [2.05, 4.69) is 15.2 Å². The summed E-state index contributed by atoms with van der Waals surface area (Å²) < 4.78 is 5.66. The van der Waals surface area contributed by atoms with E-state index in [4.69, 9.17) is 4.74 Å². The minimum atomic E-state index is -0.552. The van der Waals surface area contributed by atoms with Crippen LogP contribution in [0.1, 0.15) is 16.8 Å². The Labute approximate surface area is 172 Å². The van der Waals surface area contributed by atoms with Crippen molar-refractivity contribution in [2.45, 2.75) is 6.42 Å². The molecule has 2 N–H and O–H groups in total. The lowest BCUT2D eigenvalue weighted by atomic mass is 10.1. The summed E-state index contributed by atoms with van der Waals surface area (Å²) in [7, 11) is 4.00. The van der Waals surface area contributed by atoms with Crippen LogP contribution in [-0.4, -0.2) is 48.0 Å². The first-order valence-corrected chi connectivity index (χ1v) is 9.34. The number of pyridine rings is 1. The molecule has 2 aromatic carbocycles.